The van der Waals surface area contributed by atoms with E-state index in [1.54, 1.807) is 39.0 Å². The SMILES string of the molecule is COc1cc(N2CCC(N(C)C)CC2)c(-c2ccn(C)c2)cc1Nc1ncc(Br)c(Nc2ccc3nccnc3c2P(C)(C)=O)n1. The topological polar surface area (TPSA) is 113 Å². The highest BCUT2D eigenvalue weighted by Crippen LogP contribution is 2.43. The van der Waals surface area contributed by atoms with Crippen molar-refractivity contribution in [2.75, 3.05) is 63.2 Å². The summed E-state index contributed by atoms with van der Waals surface area (Å²) < 4.78 is 22.1. The number of rotatable bonds is 9. The van der Waals surface area contributed by atoms with E-state index < -0.39 is 7.14 Å². The highest BCUT2D eigenvalue weighted by atomic mass is 79.9. The van der Waals surface area contributed by atoms with Crippen molar-refractivity contribution in [3.8, 4) is 16.9 Å². The molecule has 0 saturated carbocycles. The van der Waals surface area contributed by atoms with E-state index in [2.05, 4.69) is 101 Å². The molecule has 1 aliphatic rings. The Kier molecular flexibility index (Phi) is 9.05. The molecule has 0 atom stereocenters. The summed E-state index contributed by atoms with van der Waals surface area (Å²) in [6.07, 6.45) is 11.3. The average Bonchev–Trinajstić information content (AvgIpc) is 3.47. The zero-order chi connectivity index (χ0) is 32.6. The molecular weight excluding hydrogens is 665 g/mol. The average molecular weight is 705 g/mol. The number of nitrogens with zero attached hydrogens (tertiary/aromatic N) is 7. The lowest BCUT2D eigenvalue weighted by Crippen LogP contribution is -2.42. The number of fused-ring (bicyclic) bond motifs is 1. The Labute approximate surface area is 277 Å². The number of anilines is 5. The minimum atomic E-state index is -2.75. The van der Waals surface area contributed by atoms with Crippen molar-refractivity contribution in [2.45, 2.75) is 18.9 Å². The number of piperidine rings is 1. The molecule has 0 aliphatic carbocycles. The highest BCUT2D eigenvalue weighted by Gasteiger charge is 2.25. The number of ether oxygens (including phenoxy) is 1. The molecule has 1 aliphatic heterocycles. The smallest absolute Gasteiger partial charge is 0.229 e. The summed E-state index contributed by atoms with van der Waals surface area (Å²) >= 11 is 3.59. The molecule has 46 heavy (non-hydrogen) atoms. The van der Waals surface area contributed by atoms with Crippen LogP contribution in [0, 0.1) is 0 Å². The predicted octanol–water partition coefficient (Wildman–Crippen LogP) is 6.46. The summed E-state index contributed by atoms with van der Waals surface area (Å²) in [4.78, 5) is 23.0. The Hall–Kier alpha value is -3.99. The van der Waals surface area contributed by atoms with Crippen molar-refractivity contribution in [1.29, 1.82) is 0 Å². The standard InChI is InChI=1S/C33H39BrN9O2P/c1-41(2)22-10-15-43(16-11-22)28-18-29(45-4)27(17-23(28)21-9-14-42(3)20-21)39-33-37-19-24(34)32(40-33)38-26-8-7-25-30(36-13-12-35-25)31(26)46(5,6)44/h7-9,12-14,17-20,22H,10-11,15-16H2,1-6H3,(H2,37,38,39,40). The maximum absolute atomic E-state index is 13.5. The van der Waals surface area contributed by atoms with Gasteiger partial charge >= 0.3 is 0 Å². The van der Waals surface area contributed by atoms with Crippen molar-refractivity contribution in [3.05, 3.63) is 65.8 Å². The number of aryl methyl sites for hydroxylation is 1. The first-order valence-corrected chi connectivity index (χ1v) is 18.5. The van der Waals surface area contributed by atoms with E-state index in [1.165, 1.54) is 0 Å². The third-order valence-electron chi connectivity index (χ3n) is 8.39. The first-order chi connectivity index (χ1) is 22.0. The molecule has 240 valence electrons. The molecule has 6 rings (SSSR count). The van der Waals surface area contributed by atoms with Crippen LogP contribution in [0.1, 0.15) is 12.8 Å². The van der Waals surface area contributed by atoms with Crippen LogP contribution in [0.3, 0.4) is 0 Å². The first-order valence-electron chi connectivity index (χ1n) is 15.1. The monoisotopic (exact) mass is 703 g/mol. The van der Waals surface area contributed by atoms with E-state index in [9.17, 15) is 4.57 Å². The van der Waals surface area contributed by atoms with E-state index >= 15 is 0 Å². The van der Waals surface area contributed by atoms with Gasteiger partial charge in [0.05, 0.1) is 33.8 Å². The van der Waals surface area contributed by atoms with Gasteiger partial charge in [0.1, 0.15) is 24.2 Å². The Morgan fingerprint density at radius 2 is 1.78 bits per heavy atom. The Morgan fingerprint density at radius 1 is 1.02 bits per heavy atom. The molecule has 0 radical (unpaired) electrons. The second-order valence-corrected chi connectivity index (χ2v) is 16.2. The Bertz CT molecular complexity index is 1930. The van der Waals surface area contributed by atoms with E-state index in [1.807, 2.05) is 19.2 Å². The van der Waals surface area contributed by atoms with Crippen LogP contribution in [0.15, 0.2) is 65.8 Å². The summed E-state index contributed by atoms with van der Waals surface area (Å²) in [7, 11) is 5.27. The molecular formula is C33H39BrN9O2P. The Morgan fingerprint density at radius 3 is 2.46 bits per heavy atom. The van der Waals surface area contributed by atoms with Gasteiger partial charge in [0, 0.05) is 80.0 Å². The minimum absolute atomic E-state index is 0.376. The summed E-state index contributed by atoms with van der Waals surface area (Å²) in [6.45, 7) is 5.39. The van der Waals surface area contributed by atoms with Crippen LogP contribution >= 0.6 is 23.1 Å². The number of nitrogens with one attached hydrogen (secondary N) is 2. The van der Waals surface area contributed by atoms with Gasteiger partial charge in [0.25, 0.3) is 0 Å². The molecule has 2 N–H and O–H groups in total. The number of hydrogen-bond donors (Lipinski definition) is 2. The molecule has 0 spiro atoms. The molecule has 1 fully saturated rings. The number of hydrogen-bond acceptors (Lipinski definition) is 10. The van der Waals surface area contributed by atoms with E-state index in [4.69, 9.17) is 9.72 Å². The van der Waals surface area contributed by atoms with Crippen molar-refractivity contribution in [3.63, 3.8) is 0 Å². The summed E-state index contributed by atoms with van der Waals surface area (Å²) in [5, 5.41) is 7.40. The lowest BCUT2D eigenvalue weighted by Gasteiger charge is -2.37. The maximum Gasteiger partial charge on any atom is 0.229 e. The Balaban J connectivity index is 1.36. The third-order valence-corrected chi connectivity index (χ3v) is 10.5. The molecule has 5 aromatic rings. The highest BCUT2D eigenvalue weighted by molar-refractivity contribution is 9.10. The van der Waals surface area contributed by atoms with E-state index in [0.29, 0.717) is 50.1 Å². The van der Waals surface area contributed by atoms with Gasteiger partial charge in [-0.05, 0) is 80.5 Å². The van der Waals surface area contributed by atoms with Crippen molar-refractivity contribution in [2.24, 2.45) is 7.05 Å². The first kappa shape index (κ1) is 32.0. The second kappa shape index (κ2) is 13.0. The van der Waals surface area contributed by atoms with Gasteiger partial charge in [-0.15, -0.1) is 0 Å². The predicted molar refractivity (Wildman–Crippen MR) is 191 cm³/mol. The molecule has 0 bridgehead atoms. The molecule has 4 heterocycles. The maximum atomic E-state index is 13.5. The zero-order valence-corrected chi connectivity index (χ0v) is 29.4. The van der Waals surface area contributed by atoms with Gasteiger partial charge in [0.2, 0.25) is 5.95 Å². The zero-order valence-electron chi connectivity index (χ0n) is 27.0. The van der Waals surface area contributed by atoms with Crippen molar-refractivity contribution < 1.29 is 9.30 Å². The number of benzene rings is 2. The molecule has 2 aromatic carbocycles. The van der Waals surface area contributed by atoms with Crippen LogP contribution in [0.5, 0.6) is 5.75 Å². The molecule has 13 heteroatoms. The lowest BCUT2D eigenvalue weighted by atomic mass is 9.99. The van der Waals surface area contributed by atoms with Gasteiger partial charge in [-0.2, -0.15) is 4.98 Å². The fourth-order valence-corrected chi connectivity index (χ4v) is 7.73. The van der Waals surface area contributed by atoms with Crippen molar-refractivity contribution in [1.82, 2.24) is 29.4 Å². The number of halogens is 1. The summed E-state index contributed by atoms with van der Waals surface area (Å²) in [6, 6.07) is 10.7. The number of aromatic nitrogens is 5. The van der Waals surface area contributed by atoms with Gasteiger partial charge in [-0.3, -0.25) is 9.97 Å². The molecule has 0 unspecified atom stereocenters. The van der Waals surface area contributed by atoms with Crippen LogP contribution in [-0.2, 0) is 11.6 Å². The van der Waals surface area contributed by atoms with Crippen LogP contribution in [0.2, 0.25) is 0 Å². The van der Waals surface area contributed by atoms with Crippen LogP contribution < -0.4 is 25.6 Å². The fourth-order valence-electron chi connectivity index (χ4n) is 6.05. The third kappa shape index (κ3) is 6.61. The van der Waals surface area contributed by atoms with E-state index in [-0.39, 0.29) is 0 Å². The summed E-state index contributed by atoms with van der Waals surface area (Å²) in [5.41, 5.74) is 6.04. The van der Waals surface area contributed by atoms with Crippen LogP contribution in [-0.4, -0.2) is 83.1 Å². The van der Waals surface area contributed by atoms with Gasteiger partial charge in [0.15, 0.2) is 0 Å². The molecule has 11 nitrogen and oxygen atoms in total. The van der Waals surface area contributed by atoms with Gasteiger partial charge in [-0.25, -0.2) is 4.98 Å². The van der Waals surface area contributed by atoms with Gasteiger partial charge in [-0.1, -0.05) is 0 Å². The fraction of sp³-hybridized carbons (Fsp3) is 0.333. The molecule has 0 amide bonds. The molecule has 1 saturated heterocycles. The van der Waals surface area contributed by atoms with Crippen molar-refractivity contribution >= 4 is 68.2 Å². The van der Waals surface area contributed by atoms with Crippen LogP contribution in [0.4, 0.5) is 28.8 Å². The second-order valence-electron chi connectivity index (χ2n) is 12.2. The summed E-state index contributed by atoms with van der Waals surface area (Å²) in [5.74, 6) is 1.58. The quantitative estimate of drug-likeness (QED) is 0.166. The lowest BCUT2D eigenvalue weighted by molar-refractivity contribution is 0.249. The molecule has 3 aromatic heterocycles. The van der Waals surface area contributed by atoms with Crippen LogP contribution in [0.25, 0.3) is 22.2 Å². The largest absolute Gasteiger partial charge is 0.494 e. The number of methoxy groups -OCH3 is 1. The van der Waals surface area contributed by atoms with E-state index in [0.717, 1.165) is 48.4 Å². The van der Waals surface area contributed by atoms with Gasteiger partial charge < -0.3 is 34.3 Å². The normalized spacial score (nSPS) is 14.2. The minimum Gasteiger partial charge on any atom is -0.494 e.